The van der Waals surface area contributed by atoms with Crippen LogP contribution in [0.2, 0.25) is 0 Å². The van der Waals surface area contributed by atoms with Crippen molar-refractivity contribution in [3.05, 3.63) is 0 Å². The lowest BCUT2D eigenvalue weighted by molar-refractivity contribution is -0.123. The molecular weight excluding hydrogens is 116 g/mol. The minimum Gasteiger partial charge on any atom is -0.343 e. The van der Waals surface area contributed by atoms with Gasteiger partial charge in [0.25, 0.3) is 0 Å². The minimum atomic E-state index is -0.0726. The zero-order chi connectivity index (χ0) is 7.28. The van der Waals surface area contributed by atoms with Crippen molar-refractivity contribution in [3.8, 4) is 6.07 Å². The Labute approximate surface area is 54.7 Å². The van der Waals surface area contributed by atoms with Crippen molar-refractivity contribution >= 4 is 5.91 Å². The Kier molecular flexibility index (Phi) is 3.45. The van der Waals surface area contributed by atoms with Crippen LogP contribution < -0.4 is 5.32 Å². The molecular formula is C6H10N2O. The summed E-state index contributed by atoms with van der Waals surface area (Å²) in [6, 6.07) is 1.82. The lowest BCUT2D eigenvalue weighted by Gasteiger charge is -2.01. The van der Waals surface area contributed by atoms with Gasteiger partial charge < -0.3 is 5.32 Å². The molecule has 1 N–H and O–H groups in total. The molecule has 3 nitrogen and oxygen atoms in total. The summed E-state index contributed by atoms with van der Waals surface area (Å²) in [6.07, 6.45) is 0. The van der Waals surface area contributed by atoms with Crippen LogP contribution in [0.15, 0.2) is 0 Å². The largest absolute Gasteiger partial charge is 0.343 e. The van der Waals surface area contributed by atoms with Crippen LogP contribution in [-0.4, -0.2) is 12.5 Å². The summed E-state index contributed by atoms with van der Waals surface area (Å²) in [5, 5.41) is 10.5. The van der Waals surface area contributed by atoms with Crippen LogP contribution in [0.3, 0.4) is 0 Å². The maximum Gasteiger partial charge on any atom is 0.223 e. The predicted molar refractivity (Wildman–Crippen MR) is 33.5 cm³/mol. The normalized spacial score (nSPS) is 8.67. The van der Waals surface area contributed by atoms with E-state index in [-0.39, 0.29) is 18.4 Å². The summed E-state index contributed by atoms with van der Waals surface area (Å²) >= 11 is 0. The number of hydrogen-bond donors (Lipinski definition) is 1. The van der Waals surface area contributed by atoms with Crippen molar-refractivity contribution in [3.63, 3.8) is 0 Å². The molecule has 0 radical (unpaired) electrons. The van der Waals surface area contributed by atoms with Crippen LogP contribution in [0.1, 0.15) is 13.8 Å². The lowest BCUT2D eigenvalue weighted by Crippen LogP contribution is -2.27. The van der Waals surface area contributed by atoms with Gasteiger partial charge in [0.05, 0.1) is 6.07 Å². The van der Waals surface area contributed by atoms with Crippen molar-refractivity contribution in [2.24, 2.45) is 5.92 Å². The summed E-state index contributed by atoms with van der Waals surface area (Å²) in [4.78, 5) is 10.6. The van der Waals surface area contributed by atoms with Gasteiger partial charge in [-0.15, -0.1) is 0 Å². The monoisotopic (exact) mass is 126 g/mol. The second kappa shape index (κ2) is 3.90. The van der Waals surface area contributed by atoms with E-state index >= 15 is 0 Å². The van der Waals surface area contributed by atoms with Gasteiger partial charge >= 0.3 is 0 Å². The van der Waals surface area contributed by atoms with Crippen LogP contribution in [0.5, 0.6) is 0 Å². The number of nitriles is 1. The number of amides is 1. The fourth-order valence-corrected chi connectivity index (χ4v) is 0.331. The molecule has 0 spiro atoms. The fourth-order valence-electron chi connectivity index (χ4n) is 0.331. The van der Waals surface area contributed by atoms with Gasteiger partial charge in [0.15, 0.2) is 0 Å². The van der Waals surface area contributed by atoms with Gasteiger partial charge in [-0.2, -0.15) is 5.26 Å². The molecule has 9 heavy (non-hydrogen) atoms. The summed E-state index contributed by atoms with van der Waals surface area (Å²) in [5.41, 5.74) is 0. The molecule has 0 aromatic rings. The zero-order valence-corrected chi connectivity index (χ0v) is 5.64. The average molecular weight is 126 g/mol. The van der Waals surface area contributed by atoms with E-state index in [1.54, 1.807) is 13.8 Å². The van der Waals surface area contributed by atoms with E-state index in [0.29, 0.717) is 0 Å². The number of carbonyl (C=O) groups is 1. The van der Waals surface area contributed by atoms with Gasteiger partial charge in [0.1, 0.15) is 6.54 Å². The van der Waals surface area contributed by atoms with Gasteiger partial charge in [-0.25, -0.2) is 0 Å². The number of nitrogens with one attached hydrogen (secondary N) is 1. The molecule has 0 rings (SSSR count). The Balaban J connectivity index is 3.42. The number of rotatable bonds is 2. The first-order chi connectivity index (χ1) is 4.18. The Morgan fingerprint density at radius 2 is 2.33 bits per heavy atom. The van der Waals surface area contributed by atoms with E-state index < -0.39 is 0 Å². The first kappa shape index (κ1) is 7.96. The SMILES string of the molecule is CC(C)C(=O)NCC#N. The van der Waals surface area contributed by atoms with Crippen LogP contribution in [0.25, 0.3) is 0 Å². The maximum absolute atomic E-state index is 10.6. The van der Waals surface area contributed by atoms with Crippen LogP contribution in [-0.2, 0) is 4.79 Å². The number of carbonyl (C=O) groups excluding carboxylic acids is 1. The Morgan fingerprint density at radius 1 is 1.78 bits per heavy atom. The van der Waals surface area contributed by atoms with Crippen LogP contribution in [0.4, 0.5) is 0 Å². The Hall–Kier alpha value is -1.04. The lowest BCUT2D eigenvalue weighted by atomic mass is 10.2. The second-order valence-electron chi connectivity index (χ2n) is 2.03. The topological polar surface area (TPSA) is 52.9 Å². The van der Waals surface area contributed by atoms with Gasteiger partial charge in [-0.1, -0.05) is 13.8 Å². The molecule has 0 saturated heterocycles. The predicted octanol–water partition coefficient (Wildman–Crippen LogP) is 0.282. The fraction of sp³-hybridized carbons (Fsp3) is 0.667. The molecule has 3 heteroatoms. The second-order valence-corrected chi connectivity index (χ2v) is 2.03. The van der Waals surface area contributed by atoms with E-state index in [0.717, 1.165) is 0 Å². The molecule has 0 unspecified atom stereocenters. The highest BCUT2D eigenvalue weighted by Crippen LogP contribution is 1.88. The molecule has 0 saturated carbocycles. The maximum atomic E-state index is 10.6. The van der Waals surface area contributed by atoms with Crippen molar-refractivity contribution in [2.45, 2.75) is 13.8 Å². The van der Waals surface area contributed by atoms with E-state index in [1.807, 2.05) is 6.07 Å². The third kappa shape index (κ3) is 3.53. The molecule has 0 aliphatic heterocycles. The molecule has 0 aliphatic carbocycles. The smallest absolute Gasteiger partial charge is 0.223 e. The highest BCUT2D eigenvalue weighted by atomic mass is 16.1. The summed E-state index contributed by atoms with van der Waals surface area (Å²) < 4.78 is 0. The first-order valence-electron chi connectivity index (χ1n) is 2.83. The van der Waals surface area contributed by atoms with Gasteiger partial charge in [0.2, 0.25) is 5.91 Å². The average Bonchev–Trinajstić information content (AvgIpc) is 1.82. The third-order valence-corrected chi connectivity index (χ3v) is 0.866. The van der Waals surface area contributed by atoms with E-state index in [9.17, 15) is 4.79 Å². The third-order valence-electron chi connectivity index (χ3n) is 0.866. The van der Waals surface area contributed by atoms with Crippen LogP contribution >= 0.6 is 0 Å². The molecule has 0 fully saturated rings. The van der Waals surface area contributed by atoms with E-state index in [1.165, 1.54) is 0 Å². The molecule has 0 atom stereocenters. The summed E-state index contributed by atoms with van der Waals surface area (Å²) in [7, 11) is 0. The first-order valence-corrected chi connectivity index (χ1v) is 2.83. The van der Waals surface area contributed by atoms with Crippen molar-refractivity contribution in [1.82, 2.24) is 5.32 Å². The molecule has 0 aromatic heterocycles. The molecule has 0 bridgehead atoms. The quantitative estimate of drug-likeness (QED) is 0.540. The van der Waals surface area contributed by atoms with Gasteiger partial charge in [-0.3, -0.25) is 4.79 Å². The number of hydrogen-bond acceptors (Lipinski definition) is 2. The number of nitrogens with zero attached hydrogens (tertiary/aromatic N) is 1. The van der Waals surface area contributed by atoms with Crippen LogP contribution in [0, 0.1) is 17.2 Å². The van der Waals surface area contributed by atoms with E-state index in [2.05, 4.69) is 5.32 Å². The Morgan fingerprint density at radius 3 is 2.67 bits per heavy atom. The van der Waals surface area contributed by atoms with Crippen molar-refractivity contribution in [1.29, 1.82) is 5.26 Å². The van der Waals surface area contributed by atoms with Gasteiger partial charge in [-0.05, 0) is 0 Å². The molecule has 0 aromatic carbocycles. The standard InChI is InChI=1S/C6H10N2O/c1-5(2)6(9)8-4-3-7/h5H,4H2,1-2H3,(H,8,9). The van der Waals surface area contributed by atoms with Crippen molar-refractivity contribution < 1.29 is 4.79 Å². The van der Waals surface area contributed by atoms with E-state index in [4.69, 9.17) is 5.26 Å². The molecule has 0 aliphatic rings. The summed E-state index contributed by atoms with van der Waals surface area (Å²) in [5.74, 6) is -0.102. The highest BCUT2D eigenvalue weighted by molar-refractivity contribution is 5.77. The highest BCUT2D eigenvalue weighted by Gasteiger charge is 2.03. The molecule has 50 valence electrons. The minimum absolute atomic E-state index is 0.0293. The molecule has 1 amide bonds. The zero-order valence-electron chi connectivity index (χ0n) is 5.64. The summed E-state index contributed by atoms with van der Waals surface area (Å²) in [6.45, 7) is 3.68. The molecule has 0 heterocycles. The Bertz CT molecular complexity index is 134. The van der Waals surface area contributed by atoms with Crippen molar-refractivity contribution in [2.75, 3.05) is 6.54 Å². The van der Waals surface area contributed by atoms with Gasteiger partial charge in [0, 0.05) is 5.92 Å².